The van der Waals surface area contributed by atoms with Gasteiger partial charge in [-0.1, -0.05) is 17.7 Å². The van der Waals surface area contributed by atoms with Gasteiger partial charge in [-0.15, -0.1) is 0 Å². The first kappa shape index (κ1) is 15.6. The van der Waals surface area contributed by atoms with Crippen molar-refractivity contribution in [2.75, 3.05) is 0 Å². The fourth-order valence-electron chi connectivity index (χ4n) is 1.59. The Morgan fingerprint density at radius 3 is 2.59 bits per heavy atom. The minimum absolute atomic E-state index is 0.148. The molecule has 2 aromatic rings. The van der Waals surface area contributed by atoms with Crippen molar-refractivity contribution in [3.8, 4) is 0 Å². The van der Waals surface area contributed by atoms with E-state index in [1.54, 1.807) is 12.1 Å². The van der Waals surface area contributed by atoms with Gasteiger partial charge in [0, 0.05) is 22.9 Å². The number of carbonyl (C=O) groups is 2. The van der Waals surface area contributed by atoms with Crippen molar-refractivity contribution >= 4 is 29.6 Å². The lowest BCUT2D eigenvalue weighted by Crippen LogP contribution is -2.21. The van der Waals surface area contributed by atoms with Gasteiger partial charge in [0.05, 0.1) is 6.21 Å². The van der Waals surface area contributed by atoms with Gasteiger partial charge in [-0.3, -0.25) is 14.8 Å². The predicted molar refractivity (Wildman–Crippen MR) is 80.0 cm³/mol. The van der Waals surface area contributed by atoms with Crippen molar-refractivity contribution < 1.29 is 14.8 Å². The summed E-state index contributed by atoms with van der Waals surface area (Å²) in [6.45, 7) is 0. The van der Waals surface area contributed by atoms with Crippen LogP contribution >= 0.6 is 11.6 Å². The van der Waals surface area contributed by atoms with Gasteiger partial charge in [0.15, 0.2) is 0 Å². The molecule has 2 amide bonds. The van der Waals surface area contributed by atoms with Crippen molar-refractivity contribution in [3.05, 3.63) is 64.4 Å². The molecule has 0 unspecified atom stereocenters. The maximum Gasteiger partial charge on any atom is 0.274 e. The van der Waals surface area contributed by atoms with Crippen LogP contribution in [-0.4, -0.2) is 28.2 Å². The standard InChI is InChI=1S/C14H11ClN4O3/c15-12-11(5-2-6-16-12)8-17-18-13(20)9-3-1-4-10(7-9)14(21)19-22/h1-8,22H,(H,18,20)(H,19,21)/b17-8+. The lowest BCUT2D eigenvalue weighted by Gasteiger charge is -2.03. The summed E-state index contributed by atoms with van der Waals surface area (Å²) in [5.74, 6) is -1.22. The lowest BCUT2D eigenvalue weighted by molar-refractivity contribution is 0.0706. The second-order valence-electron chi connectivity index (χ2n) is 4.10. The zero-order valence-corrected chi connectivity index (χ0v) is 11.9. The number of hydroxylamine groups is 1. The number of hydrogen-bond donors (Lipinski definition) is 3. The molecule has 0 aliphatic rings. The smallest absolute Gasteiger partial charge is 0.274 e. The largest absolute Gasteiger partial charge is 0.288 e. The topological polar surface area (TPSA) is 104 Å². The van der Waals surface area contributed by atoms with Crippen molar-refractivity contribution in [2.24, 2.45) is 5.10 Å². The van der Waals surface area contributed by atoms with E-state index in [4.69, 9.17) is 16.8 Å². The Hall–Kier alpha value is -2.77. The van der Waals surface area contributed by atoms with E-state index in [2.05, 4.69) is 15.5 Å². The predicted octanol–water partition coefficient (Wildman–Crippen LogP) is 1.62. The van der Waals surface area contributed by atoms with Crippen LogP contribution in [0, 0.1) is 0 Å². The maximum absolute atomic E-state index is 11.9. The first-order chi connectivity index (χ1) is 10.6. The van der Waals surface area contributed by atoms with E-state index in [1.807, 2.05) is 0 Å². The summed E-state index contributed by atoms with van der Waals surface area (Å²) in [4.78, 5) is 27.1. The van der Waals surface area contributed by atoms with Gasteiger partial charge >= 0.3 is 0 Å². The normalized spacial score (nSPS) is 10.5. The number of aromatic nitrogens is 1. The van der Waals surface area contributed by atoms with Crippen LogP contribution in [0.25, 0.3) is 0 Å². The molecule has 0 aliphatic heterocycles. The molecule has 8 heteroatoms. The van der Waals surface area contributed by atoms with E-state index >= 15 is 0 Å². The molecular weight excluding hydrogens is 308 g/mol. The lowest BCUT2D eigenvalue weighted by atomic mass is 10.1. The number of rotatable bonds is 4. The molecule has 0 spiro atoms. The Bertz CT molecular complexity index is 734. The van der Waals surface area contributed by atoms with Gasteiger partial charge in [-0.25, -0.2) is 15.9 Å². The fraction of sp³-hybridized carbons (Fsp3) is 0. The quantitative estimate of drug-likeness (QED) is 0.345. The van der Waals surface area contributed by atoms with Crippen molar-refractivity contribution in [3.63, 3.8) is 0 Å². The third kappa shape index (κ3) is 3.87. The molecule has 3 N–H and O–H groups in total. The number of hydrogen-bond acceptors (Lipinski definition) is 5. The Balaban J connectivity index is 2.07. The van der Waals surface area contributed by atoms with Crippen LogP contribution in [0.5, 0.6) is 0 Å². The summed E-state index contributed by atoms with van der Waals surface area (Å²) in [6.07, 6.45) is 2.90. The van der Waals surface area contributed by atoms with Crippen molar-refractivity contribution in [1.82, 2.24) is 15.9 Å². The number of nitrogens with zero attached hydrogens (tertiary/aromatic N) is 2. The zero-order chi connectivity index (χ0) is 15.9. The van der Waals surface area contributed by atoms with Crippen LogP contribution in [0.15, 0.2) is 47.7 Å². The summed E-state index contributed by atoms with van der Waals surface area (Å²) in [7, 11) is 0. The molecule has 0 aliphatic carbocycles. The molecule has 1 aromatic carbocycles. The van der Waals surface area contributed by atoms with Crippen LogP contribution in [0.1, 0.15) is 26.3 Å². The molecule has 112 valence electrons. The first-order valence-electron chi connectivity index (χ1n) is 6.10. The highest BCUT2D eigenvalue weighted by molar-refractivity contribution is 6.31. The van der Waals surface area contributed by atoms with Crippen LogP contribution in [0.3, 0.4) is 0 Å². The first-order valence-corrected chi connectivity index (χ1v) is 6.48. The van der Waals surface area contributed by atoms with E-state index in [-0.39, 0.29) is 16.3 Å². The van der Waals surface area contributed by atoms with Crippen LogP contribution in [-0.2, 0) is 0 Å². The molecule has 0 saturated carbocycles. The summed E-state index contributed by atoms with van der Waals surface area (Å²) in [6, 6.07) is 9.19. The van der Waals surface area contributed by atoms with E-state index in [1.165, 1.54) is 42.2 Å². The summed E-state index contributed by atoms with van der Waals surface area (Å²) < 4.78 is 0. The molecule has 0 fully saturated rings. The molecular formula is C14H11ClN4O3. The number of hydrazone groups is 1. The highest BCUT2D eigenvalue weighted by Gasteiger charge is 2.09. The monoisotopic (exact) mass is 318 g/mol. The Labute approximate surface area is 130 Å². The van der Waals surface area contributed by atoms with Crippen LogP contribution < -0.4 is 10.9 Å². The number of pyridine rings is 1. The number of halogens is 1. The summed E-state index contributed by atoms with van der Waals surface area (Å²) in [5, 5.41) is 12.6. The Kier molecular flexibility index (Phi) is 5.18. The number of amides is 2. The second-order valence-corrected chi connectivity index (χ2v) is 4.46. The molecule has 0 atom stereocenters. The van der Waals surface area contributed by atoms with Crippen molar-refractivity contribution in [1.29, 1.82) is 0 Å². The minimum Gasteiger partial charge on any atom is -0.288 e. The number of benzene rings is 1. The second kappa shape index (κ2) is 7.30. The Morgan fingerprint density at radius 1 is 1.18 bits per heavy atom. The number of nitrogens with one attached hydrogen (secondary N) is 2. The molecule has 0 saturated heterocycles. The van der Waals surface area contributed by atoms with E-state index < -0.39 is 11.8 Å². The molecule has 0 radical (unpaired) electrons. The molecule has 1 aromatic heterocycles. The van der Waals surface area contributed by atoms with Crippen LogP contribution in [0.2, 0.25) is 5.15 Å². The molecule has 2 rings (SSSR count). The third-order valence-corrected chi connectivity index (χ3v) is 2.96. The Morgan fingerprint density at radius 2 is 1.91 bits per heavy atom. The zero-order valence-electron chi connectivity index (χ0n) is 11.2. The van der Waals surface area contributed by atoms with Gasteiger partial charge in [0.1, 0.15) is 5.15 Å². The average molecular weight is 319 g/mol. The highest BCUT2D eigenvalue weighted by Crippen LogP contribution is 2.08. The van der Waals surface area contributed by atoms with Gasteiger partial charge < -0.3 is 0 Å². The van der Waals surface area contributed by atoms with Crippen molar-refractivity contribution in [2.45, 2.75) is 0 Å². The third-order valence-electron chi connectivity index (χ3n) is 2.65. The molecule has 7 nitrogen and oxygen atoms in total. The van der Waals surface area contributed by atoms with E-state index in [9.17, 15) is 9.59 Å². The summed E-state index contributed by atoms with van der Waals surface area (Å²) in [5.41, 5.74) is 4.72. The highest BCUT2D eigenvalue weighted by atomic mass is 35.5. The van der Waals surface area contributed by atoms with Gasteiger partial charge in [-0.05, 0) is 30.3 Å². The van der Waals surface area contributed by atoms with Crippen LogP contribution in [0.4, 0.5) is 0 Å². The molecule has 1 heterocycles. The van der Waals surface area contributed by atoms with E-state index in [0.29, 0.717) is 5.56 Å². The van der Waals surface area contributed by atoms with Gasteiger partial charge in [0.2, 0.25) is 0 Å². The number of carbonyl (C=O) groups excluding carboxylic acids is 2. The summed E-state index contributed by atoms with van der Waals surface area (Å²) >= 11 is 5.84. The minimum atomic E-state index is -0.708. The van der Waals surface area contributed by atoms with E-state index in [0.717, 1.165) is 0 Å². The maximum atomic E-state index is 11.9. The van der Waals surface area contributed by atoms with Gasteiger partial charge in [0.25, 0.3) is 11.8 Å². The molecule has 22 heavy (non-hydrogen) atoms. The SMILES string of the molecule is O=C(NO)c1cccc(C(=O)N/N=C/c2cccnc2Cl)c1. The average Bonchev–Trinajstić information content (AvgIpc) is 2.56. The molecule has 0 bridgehead atoms. The fourth-order valence-corrected chi connectivity index (χ4v) is 1.75. The van der Waals surface area contributed by atoms with Gasteiger partial charge in [-0.2, -0.15) is 5.10 Å².